The Labute approximate surface area is 217 Å². The molecule has 196 valence electrons. The summed E-state index contributed by atoms with van der Waals surface area (Å²) in [6.45, 7) is 9.14. The molecule has 0 aromatic heterocycles. The lowest BCUT2D eigenvalue weighted by Gasteiger charge is -2.32. The normalized spacial score (nSPS) is 12.7. The van der Waals surface area contributed by atoms with Crippen molar-refractivity contribution in [2.24, 2.45) is 0 Å². The Balaban J connectivity index is 2.08. The van der Waals surface area contributed by atoms with E-state index in [1.165, 1.54) is 114 Å². The topological polar surface area (TPSA) is 20.2 Å². The minimum Gasteiger partial charge on any atom is -0.508 e. The summed E-state index contributed by atoms with van der Waals surface area (Å²) in [5.41, 5.74) is 3.70. The predicted octanol–water partition coefficient (Wildman–Crippen LogP) is 11.1. The summed E-state index contributed by atoms with van der Waals surface area (Å²) in [4.78, 5) is 0. The van der Waals surface area contributed by atoms with Crippen LogP contribution in [0, 0.1) is 0 Å². The number of phenolic OH excluding ortho intramolecular Hbond substituents is 1. The van der Waals surface area contributed by atoms with E-state index in [-0.39, 0.29) is 5.41 Å². The fourth-order valence-electron chi connectivity index (χ4n) is 5.72. The Morgan fingerprint density at radius 1 is 0.571 bits per heavy atom. The summed E-state index contributed by atoms with van der Waals surface area (Å²) in [7, 11) is 0. The van der Waals surface area contributed by atoms with Crippen LogP contribution in [0.3, 0.4) is 0 Å². The van der Waals surface area contributed by atoms with Gasteiger partial charge in [-0.1, -0.05) is 160 Å². The maximum Gasteiger partial charge on any atom is 0.119 e. The highest BCUT2D eigenvalue weighted by atomic mass is 16.3. The van der Waals surface area contributed by atoms with Gasteiger partial charge >= 0.3 is 0 Å². The molecular weight excluding hydrogens is 424 g/mol. The molecule has 0 aliphatic rings. The van der Waals surface area contributed by atoms with E-state index < -0.39 is 0 Å². The van der Waals surface area contributed by atoms with Crippen molar-refractivity contribution in [2.75, 3.05) is 0 Å². The zero-order valence-corrected chi connectivity index (χ0v) is 23.5. The molecule has 0 heterocycles. The van der Waals surface area contributed by atoms with Crippen LogP contribution in [0.15, 0.2) is 48.5 Å². The molecule has 0 aliphatic carbocycles. The van der Waals surface area contributed by atoms with Gasteiger partial charge in [-0.25, -0.2) is 0 Å². The molecule has 0 radical (unpaired) electrons. The first-order valence-electron chi connectivity index (χ1n) is 14.9. The van der Waals surface area contributed by atoms with Crippen LogP contribution < -0.4 is 0 Å². The Morgan fingerprint density at radius 2 is 1.00 bits per heavy atom. The fraction of sp³-hybridized carbons (Fsp3) is 0.647. The lowest BCUT2D eigenvalue weighted by Crippen LogP contribution is -2.22. The molecule has 0 bridgehead atoms. The second-order valence-electron chi connectivity index (χ2n) is 11.2. The van der Waals surface area contributed by atoms with Crippen molar-refractivity contribution in [3.8, 4) is 5.75 Å². The highest BCUT2D eigenvalue weighted by Crippen LogP contribution is 2.42. The molecule has 0 saturated carbocycles. The van der Waals surface area contributed by atoms with E-state index in [1.807, 2.05) is 18.2 Å². The van der Waals surface area contributed by atoms with Gasteiger partial charge in [0.25, 0.3) is 0 Å². The Hall–Kier alpha value is -1.76. The molecule has 2 rings (SSSR count). The number of benzene rings is 2. The van der Waals surface area contributed by atoms with Gasteiger partial charge in [0.2, 0.25) is 0 Å². The van der Waals surface area contributed by atoms with Gasteiger partial charge in [0.15, 0.2) is 0 Å². The quantitative estimate of drug-likeness (QED) is 0.199. The largest absolute Gasteiger partial charge is 0.508 e. The van der Waals surface area contributed by atoms with Crippen LogP contribution in [-0.4, -0.2) is 5.11 Å². The van der Waals surface area contributed by atoms with E-state index in [2.05, 4.69) is 58.0 Å². The second-order valence-corrected chi connectivity index (χ2v) is 11.2. The summed E-state index contributed by atoms with van der Waals surface area (Å²) in [6.07, 6.45) is 21.8. The van der Waals surface area contributed by atoms with E-state index in [9.17, 15) is 5.11 Å². The SMILES string of the molecule is CCCCCCCCCCCC(CCCCCCC)c1ccccc1C(C)(C)c1ccccc1O. The van der Waals surface area contributed by atoms with Crippen LogP contribution >= 0.6 is 0 Å². The number of rotatable bonds is 19. The Kier molecular flexibility index (Phi) is 14.2. The molecule has 0 aliphatic heterocycles. The molecule has 1 atom stereocenters. The fourth-order valence-corrected chi connectivity index (χ4v) is 5.72. The van der Waals surface area contributed by atoms with Crippen LogP contribution in [0.25, 0.3) is 0 Å². The standard InChI is InChI=1S/C34H54O/c1-5-7-9-11-12-13-14-16-18-24-29(23-17-15-10-8-6-2)30-25-19-20-26-31(30)34(3,4)32-27-21-22-28-33(32)35/h19-22,25-29,35H,5-18,23-24H2,1-4H3. The maximum atomic E-state index is 10.7. The predicted molar refractivity (Wildman–Crippen MR) is 155 cm³/mol. The van der Waals surface area contributed by atoms with Crippen molar-refractivity contribution in [2.45, 2.75) is 142 Å². The van der Waals surface area contributed by atoms with Crippen molar-refractivity contribution < 1.29 is 5.11 Å². The van der Waals surface area contributed by atoms with E-state index in [4.69, 9.17) is 0 Å². The number of para-hydroxylation sites is 1. The molecule has 35 heavy (non-hydrogen) atoms. The van der Waals surface area contributed by atoms with Crippen molar-refractivity contribution in [1.29, 1.82) is 0 Å². The number of aromatic hydroxyl groups is 1. The van der Waals surface area contributed by atoms with Gasteiger partial charge in [-0.3, -0.25) is 0 Å². The van der Waals surface area contributed by atoms with Crippen molar-refractivity contribution in [3.63, 3.8) is 0 Å². The van der Waals surface area contributed by atoms with Gasteiger partial charge in [0.1, 0.15) is 5.75 Å². The van der Waals surface area contributed by atoms with Gasteiger partial charge in [-0.2, -0.15) is 0 Å². The summed E-state index contributed by atoms with van der Waals surface area (Å²) in [5, 5.41) is 10.7. The van der Waals surface area contributed by atoms with E-state index in [0.717, 1.165) is 5.56 Å². The molecule has 1 heteroatoms. The molecule has 0 amide bonds. The molecule has 0 saturated heterocycles. The summed E-state index contributed by atoms with van der Waals surface area (Å²) in [6, 6.07) is 17.0. The minimum absolute atomic E-state index is 0.221. The Bertz CT molecular complexity index is 806. The summed E-state index contributed by atoms with van der Waals surface area (Å²) in [5.74, 6) is 1.02. The van der Waals surface area contributed by atoms with Crippen LogP contribution in [0.2, 0.25) is 0 Å². The van der Waals surface area contributed by atoms with Gasteiger partial charge in [0, 0.05) is 11.0 Å². The first kappa shape index (κ1) is 29.5. The number of hydrogen-bond donors (Lipinski definition) is 1. The third kappa shape index (κ3) is 10.0. The van der Waals surface area contributed by atoms with Crippen LogP contribution in [0.5, 0.6) is 5.75 Å². The number of unbranched alkanes of at least 4 members (excludes halogenated alkanes) is 12. The summed E-state index contributed by atoms with van der Waals surface area (Å²) >= 11 is 0. The van der Waals surface area contributed by atoms with Crippen molar-refractivity contribution >= 4 is 0 Å². The summed E-state index contributed by atoms with van der Waals surface area (Å²) < 4.78 is 0. The van der Waals surface area contributed by atoms with Gasteiger partial charge in [0.05, 0.1) is 0 Å². The van der Waals surface area contributed by atoms with Crippen molar-refractivity contribution in [3.05, 3.63) is 65.2 Å². The molecule has 0 spiro atoms. The van der Waals surface area contributed by atoms with Gasteiger partial charge in [-0.05, 0) is 36.0 Å². The average molecular weight is 479 g/mol. The third-order valence-electron chi connectivity index (χ3n) is 7.96. The molecule has 0 fully saturated rings. The van der Waals surface area contributed by atoms with Crippen LogP contribution in [0.4, 0.5) is 0 Å². The molecule has 1 N–H and O–H groups in total. The van der Waals surface area contributed by atoms with E-state index in [1.54, 1.807) is 0 Å². The monoisotopic (exact) mass is 478 g/mol. The maximum absolute atomic E-state index is 10.7. The zero-order chi connectivity index (χ0) is 25.4. The molecular formula is C34H54O. The second kappa shape index (κ2) is 16.8. The van der Waals surface area contributed by atoms with E-state index in [0.29, 0.717) is 11.7 Å². The Morgan fingerprint density at radius 3 is 1.51 bits per heavy atom. The van der Waals surface area contributed by atoms with Crippen LogP contribution in [0.1, 0.15) is 153 Å². The van der Waals surface area contributed by atoms with Crippen LogP contribution in [-0.2, 0) is 5.41 Å². The van der Waals surface area contributed by atoms with Gasteiger partial charge in [-0.15, -0.1) is 0 Å². The smallest absolute Gasteiger partial charge is 0.119 e. The molecule has 2 aromatic rings. The van der Waals surface area contributed by atoms with Crippen molar-refractivity contribution in [1.82, 2.24) is 0 Å². The zero-order valence-electron chi connectivity index (χ0n) is 23.5. The lowest BCUT2D eigenvalue weighted by molar-refractivity contribution is 0.448. The first-order valence-corrected chi connectivity index (χ1v) is 14.9. The lowest BCUT2D eigenvalue weighted by atomic mass is 9.72. The third-order valence-corrected chi connectivity index (χ3v) is 7.96. The first-order chi connectivity index (χ1) is 17.0. The minimum atomic E-state index is -0.221. The molecule has 1 nitrogen and oxygen atoms in total. The highest BCUT2D eigenvalue weighted by Gasteiger charge is 2.30. The number of hydrogen-bond acceptors (Lipinski definition) is 1. The highest BCUT2D eigenvalue weighted by molar-refractivity contribution is 5.48. The number of phenols is 1. The van der Waals surface area contributed by atoms with E-state index >= 15 is 0 Å². The molecule has 1 unspecified atom stereocenters. The molecule has 2 aromatic carbocycles. The average Bonchev–Trinajstić information content (AvgIpc) is 2.86. The van der Waals surface area contributed by atoms with Gasteiger partial charge < -0.3 is 5.11 Å².